The summed E-state index contributed by atoms with van der Waals surface area (Å²) >= 11 is 0. The number of benzene rings is 1. The molecule has 0 spiro atoms. The van der Waals surface area contributed by atoms with Gasteiger partial charge in [-0.3, -0.25) is 0 Å². The first kappa shape index (κ1) is 16.9. The van der Waals surface area contributed by atoms with Crippen molar-refractivity contribution < 1.29 is 14.3 Å². The van der Waals surface area contributed by atoms with Gasteiger partial charge < -0.3 is 25.0 Å². The quantitative estimate of drug-likeness (QED) is 0.866. The Morgan fingerprint density at radius 2 is 2.04 bits per heavy atom. The number of urea groups is 1. The summed E-state index contributed by atoms with van der Waals surface area (Å²) in [5, 5.41) is 5.64. The Balaban J connectivity index is 1.44. The number of amides is 2. The summed E-state index contributed by atoms with van der Waals surface area (Å²) in [4.78, 5) is 18.1. The van der Waals surface area contributed by atoms with Crippen molar-refractivity contribution in [1.29, 1.82) is 0 Å². The number of aromatic nitrogens is 1. The van der Waals surface area contributed by atoms with Crippen LogP contribution in [0, 0.1) is 0 Å². The smallest absolute Gasteiger partial charge is 0.315 e. The highest BCUT2D eigenvalue weighted by Crippen LogP contribution is 2.30. The van der Waals surface area contributed by atoms with Crippen molar-refractivity contribution in [1.82, 2.24) is 15.6 Å². The lowest BCUT2D eigenvalue weighted by Gasteiger charge is -2.26. The van der Waals surface area contributed by atoms with Crippen molar-refractivity contribution in [3.05, 3.63) is 48.2 Å². The molecule has 0 bridgehead atoms. The fourth-order valence-electron chi connectivity index (χ4n) is 2.43. The van der Waals surface area contributed by atoms with E-state index >= 15 is 0 Å². The topological polar surface area (TPSA) is 75.7 Å². The summed E-state index contributed by atoms with van der Waals surface area (Å²) in [6.45, 7) is 1.22. The molecule has 0 unspecified atom stereocenters. The summed E-state index contributed by atoms with van der Waals surface area (Å²) in [7, 11) is 3.85. The lowest BCUT2D eigenvalue weighted by atomic mass is 10.2. The molecule has 1 aromatic heterocycles. The molecule has 0 aliphatic carbocycles. The third-order valence-electron chi connectivity index (χ3n) is 3.78. The van der Waals surface area contributed by atoms with Crippen molar-refractivity contribution in [2.45, 2.75) is 12.6 Å². The average molecular weight is 342 g/mol. The highest BCUT2D eigenvalue weighted by atomic mass is 16.6. The molecule has 0 saturated heterocycles. The van der Waals surface area contributed by atoms with Crippen molar-refractivity contribution in [3.63, 3.8) is 0 Å². The number of nitrogens with zero attached hydrogens (tertiary/aromatic N) is 2. The number of fused-ring (bicyclic) bond motifs is 1. The minimum Gasteiger partial charge on any atom is -0.486 e. The molecular formula is C18H22N4O3. The minimum absolute atomic E-state index is 0.207. The first-order valence-corrected chi connectivity index (χ1v) is 8.14. The number of hydrogen-bond acceptors (Lipinski definition) is 5. The Hall–Kier alpha value is -2.96. The third kappa shape index (κ3) is 4.53. The van der Waals surface area contributed by atoms with Crippen molar-refractivity contribution >= 4 is 11.8 Å². The molecule has 2 amide bonds. The molecule has 0 saturated carbocycles. The molecule has 0 fully saturated rings. The van der Waals surface area contributed by atoms with Crippen LogP contribution in [-0.2, 0) is 6.54 Å². The van der Waals surface area contributed by atoms with Gasteiger partial charge in [0.15, 0.2) is 17.6 Å². The lowest BCUT2D eigenvalue weighted by Crippen LogP contribution is -2.44. The van der Waals surface area contributed by atoms with Crippen LogP contribution in [-0.4, -0.2) is 44.4 Å². The molecule has 1 aliphatic rings. The van der Waals surface area contributed by atoms with Crippen molar-refractivity contribution in [2.75, 3.05) is 32.1 Å². The number of hydrogen-bond donors (Lipinski definition) is 2. The Morgan fingerprint density at radius 3 is 2.84 bits per heavy atom. The average Bonchev–Trinajstić information content (AvgIpc) is 2.64. The summed E-state index contributed by atoms with van der Waals surface area (Å²) in [5.41, 5.74) is 0.986. The van der Waals surface area contributed by atoms with E-state index in [0.29, 0.717) is 25.4 Å². The van der Waals surface area contributed by atoms with Gasteiger partial charge >= 0.3 is 6.03 Å². The van der Waals surface area contributed by atoms with Crippen LogP contribution in [0.5, 0.6) is 11.5 Å². The van der Waals surface area contributed by atoms with E-state index in [4.69, 9.17) is 9.47 Å². The zero-order chi connectivity index (χ0) is 17.6. The largest absolute Gasteiger partial charge is 0.486 e. The number of anilines is 1. The predicted octanol–water partition coefficient (Wildman–Crippen LogP) is 1.79. The fourth-order valence-corrected chi connectivity index (χ4v) is 2.43. The van der Waals surface area contributed by atoms with E-state index in [9.17, 15) is 4.79 Å². The lowest BCUT2D eigenvalue weighted by molar-refractivity contribution is 0.0918. The standard InChI is InChI=1S/C18H22N4O3/c1-22(2)17-9-13(7-8-19-17)10-20-18(23)21-11-14-12-24-15-5-3-4-6-16(15)25-14/h3-9,14H,10-12H2,1-2H3,(H2,20,21,23)/t14-/m1/s1. The van der Waals surface area contributed by atoms with Crippen LogP contribution in [0.15, 0.2) is 42.6 Å². The summed E-state index contributed by atoms with van der Waals surface area (Å²) < 4.78 is 11.4. The normalized spacial score (nSPS) is 15.4. The molecule has 0 radical (unpaired) electrons. The number of carbonyl (C=O) groups excluding carboxylic acids is 1. The fraction of sp³-hybridized carbons (Fsp3) is 0.333. The van der Waals surface area contributed by atoms with Crippen LogP contribution < -0.4 is 25.0 Å². The molecule has 132 valence electrons. The first-order valence-electron chi connectivity index (χ1n) is 8.14. The first-order chi connectivity index (χ1) is 12.1. The van der Waals surface area contributed by atoms with Gasteiger partial charge in [-0.05, 0) is 29.8 Å². The maximum absolute atomic E-state index is 12.0. The van der Waals surface area contributed by atoms with Crippen LogP contribution in [0.25, 0.3) is 0 Å². The predicted molar refractivity (Wildman–Crippen MR) is 95.2 cm³/mol. The Morgan fingerprint density at radius 1 is 1.24 bits per heavy atom. The number of ether oxygens (including phenoxy) is 2. The number of rotatable bonds is 5. The van der Waals surface area contributed by atoms with E-state index in [2.05, 4.69) is 15.6 Å². The Labute approximate surface area is 147 Å². The van der Waals surface area contributed by atoms with E-state index in [-0.39, 0.29) is 12.1 Å². The second-order valence-electron chi connectivity index (χ2n) is 5.98. The van der Waals surface area contributed by atoms with Gasteiger partial charge in [0.1, 0.15) is 12.4 Å². The molecule has 2 aromatic rings. The van der Waals surface area contributed by atoms with Crippen molar-refractivity contribution in [3.8, 4) is 11.5 Å². The van der Waals surface area contributed by atoms with Crippen LogP contribution in [0.4, 0.5) is 10.6 Å². The van der Waals surface area contributed by atoms with Gasteiger partial charge in [0.05, 0.1) is 6.54 Å². The van der Waals surface area contributed by atoms with Gasteiger partial charge in [-0.15, -0.1) is 0 Å². The SMILES string of the molecule is CN(C)c1cc(CNC(=O)NC[C@@H]2COc3ccccc3O2)ccn1. The van der Waals surface area contributed by atoms with E-state index < -0.39 is 0 Å². The Kier molecular flexibility index (Phi) is 5.23. The summed E-state index contributed by atoms with van der Waals surface area (Å²) in [5.74, 6) is 2.29. The highest BCUT2D eigenvalue weighted by molar-refractivity contribution is 5.73. The molecule has 3 rings (SSSR count). The van der Waals surface area contributed by atoms with Crippen molar-refractivity contribution in [2.24, 2.45) is 0 Å². The minimum atomic E-state index is -0.245. The summed E-state index contributed by atoms with van der Waals surface area (Å²) in [6.07, 6.45) is 1.52. The van der Waals surface area contributed by atoms with Gasteiger partial charge in [0.25, 0.3) is 0 Å². The third-order valence-corrected chi connectivity index (χ3v) is 3.78. The molecule has 1 aliphatic heterocycles. The molecule has 25 heavy (non-hydrogen) atoms. The summed E-state index contributed by atoms with van der Waals surface area (Å²) in [6, 6.07) is 11.1. The second-order valence-corrected chi connectivity index (χ2v) is 5.98. The van der Waals surface area contributed by atoms with Crippen LogP contribution >= 0.6 is 0 Å². The second kappa shape index (κ2) is 7.74. The molecule has 1 aromatic carbocycles. The van der Waals surface area contributed by atoms with E-state index in [1.54, 1.807) is 6.20 Å². The monoisotopic (exact) mass is 342 g/mol. The number of para-hydroxylation sites is 2. The zero-order valence-corrected chi connectivity index (χ0v) is 14.4. The molecule has 7 nitrogen and oxygen atoms in total. The molecule has 2 heterocycles. The molecule has 1 atom stereocenters. The maximum atomic E-state index is 12.0. The zero-order valence-electron chi connectivity index (χ0n) is 14.4. The number of carbonyl (C=O) groups is 1. The van der Waals surface area contributed by atoms with Crippen LogP contribution in [0.2, 0.25) is 0 Å². The van der Waals surface area contributed by atoms with Gasteiger partial charge in [0, 0.05) is 26.8 Å². The van der Waals surface area contributed by atoms with Gasteiger partial charge in [-0.1, -0.05) is 12.1 Å². The molecular weight excluding hydrogens is 320 g/mol. The molecule has 7 heteroatoms. The number of nitrogens with one attached hydrogen (secondary N) is 2. The van der Waals surface area contributed by atoms with Crippen LogP contribution in [0.1, 0.15) is 5.56 Å². The maximum Gasteiger partial charge on any atom is 0.315 e. The van der Waals surface area contributed by atoms with Crippen LogP contribution in [0.3, 0.4) is 0 Å². The number of pyridine rings is 1. The van der Waals surface area contributed by atoms with Gasteiger partial charge in [-0.2, -0.15) is 0 Å². The van der Waals surface area contributed by atoms with E-state index in [1.165, 1.54) is 0 Å². The van der Waals surface area contributed by atoms with Gasteiger partial charge in [0.2, 0.25) is 0 Å². The van der Waals surface area contributed by atoms with E-state index in [1.807, 2.05) is 55.4 Å². The highest BCUT2D eigenvalue weighted by Gasteiger charge is 2.20. The molecule has 2 N–H and O–H groups in total. The Bertz CT molecular complexity index is 736. The van der Waals surface area contributed by atoms with E-state index in [0.717, 1.165) is 17.1 Å². The van der Waals surface area contributed by atoms with Gasteiger partial charge in [-0.25, -0.2) is 9.78 Å².